The van der Waals surface area contributed by atoms with Crippen LogP contribution < -0.4 is 60.4 Å². The zero-order chi connectivity index (χ0) is 90.7. The van der Waals surface area contributed by atoms with Crippen LogP contribution >= 0.6 is 54.8 Å². The molecule has 2 aliphatic carbocycles. The number of hydrogen-bond acceptors (Lipinski definition) is 35. The number of hydrogen-bond donors (Lipinski definition) is 25. The molecule has 1 saturated heterocycles. The van der Waals surface area contributed by atoms with Gasteiger partial charge in [-0.05, 0) is 68.2 Å². The van der Waals surface area contributed by atoms with Gasteiger partial charge in [0, 0.05) is 41.7 Å². The molecule has 680 valence electrons. The number of aromatic nitrogens is 9. The molecule has 119 heavy (non-hydrogen) atoms. The highest BCUT2D eigenvalue weighted by molar-refractivity contribution is 7.47. The van der Waals surface area contributed by atoms with Gasteiger partial charge in [-0.1, -0.05) is 30.3 Å². The van der Waals surface area contributed by atoms with Crippen molar-refractivity contribution in [3.63, 3.8) is 0 Å². The van der Waals surface area contributed by atoms with Crippen LogP contribution in [0.4, 0.5) is 11.8 Å². The number of anilines is 2. The molecule has 3 aliphatic rings. The Morgan fingerprint density at radius 1 is 0.639 bits per heavy atom. The maximum absolute atomic E-state index is 11.4. The Balaban J connectivity index is 0.000000354. The number of rotatable bonds is 30. The number of aromatic amines is 2. The predicted octanol–water partition coefficient (Wildman–Crippen LogP) is -5.73. The highest BCUT2D eigenvalue weighted by Crippen LogP contribution is 2.45. The third kappa shape index (κ3) is 43.6. The third-order valence-corrected chi connectivity index (χ3v) is 20.6. The van der Waals surface area contributed by atoms with Crippen LogP contribution in [0.15, 0.2) is 78.5 Å². The van der Waals surface area contributed by atoms with Crippen LogP contribution in [0, 0.1) is 5.92 Å². The minimum Gasteiger partial charge on any atom is -0.756 e. The standard InChI is InChI=1S/C11H19N2O5P.C10H23N2O5P.C9H10NO4P.C6H8N5O5P.C6H8N5O4P.C6H14N2O2.C5H15N2O4P.C5H12NO5P/c1-13(2,8-12)7-11(18-19(15,16)17)9-3-5-10(14)6-4-9;1-12(2,7-11)6-10(17-18(14,15)16)8-3-4-9(13)5-8;11-15(12,13)14-6-7-5-10-9-4-2-1-3-8(7)9;7-6-9-4-3(5(12)10-6)8-1-11(4)2-16-17(13,14)15;7-5-4-6(9-1-8-5)11(2-10-4)3-15-16(12,13)14;7-4-8-3-1-2-5(8)6(9)10;1-7(2,5-6)3-4-11-12(8,9)10;6-4-1-3(7)2-5(4)11-12(8,9)10/h3-6,11H,7-8,12H2,1-2H3,(H2-,14,15,16,17);8-10,13H,3-7,11H2,1-2H3,(H-,14,15,16);1-5,10H,6H2,(H2,11,12,13);1H,2H2,(H2,13,14,15)(H3,7,9,10,12);1-2H,3H2,(H2,7,8,9)(H2,12,13,14);5-6,9-10H,1-4,7H2;3-6H2,1-2H3,(H-,8,9,10);3-5,7H,1-2,6H2,(H2,8,9,10)/p+1. The first-order valence-electron chi connectivity index (χ1n) is 35.1. The highest BCUT2D eigenvalue weighted by atomic mass is 31.2. The average molecular weight is 1850 g/mol. The molecule has 5 aromatic heterocycles. The van der Waals surface area contributed by atoms with E-state index in [1.807, 2.05) is 71.5 Å². The van der Waals surface area contributed by atoms with Crippen molar-refractivity contribution < 1.29 is 177 Å². The second-order valence-electron chi connectivity index (χ2n) is 28.4. The summed E-state index contributed by atoms with van der Waals surface area (Å²) in [6.45, 7) is 2.74. The van der Waals surface area contributed by atoms with E-state index in [1.54, 1.807) is 18.3 Å². The van der Waals surface area contributed by atoms with E-state index in [9.17, 15) is 61.6 Å². The topological polar surface area (TPSA) is 887 Å². The van der Waals surface area contributed by atoms with Crippen molar-refractivity contribution in [2.45, 2.75) is 114 Å². The number of para-hydroxylation sites is 1. The van der Waals surface area contributed by atoms with Gasteiger partial charge in [-0.15, -0.1) is 0 Å². The Labute approximate surface area is 679 Å². The smallest absolute Gasteiger partial charge is 0.470 e. The molecule has 11 atom stereocenters. The van der Waals surface area contributed by atoms with Gasteiger partial charge in [-0.2, -0.15) is 4.98 Å². The number of imidazole rings is 2. The van der Waals surface area contributed by atoms with E-state index in [4.69, 9.17) is 113 Å². The van der Waals surface area contributed by atoms with Gasteiger partial charge in [-0.3, -0.25) is 77.0 Å². The van der Waals surface area contributed by atoms with Gasteiger partial charge in [-0.25, -0.2) is 43.1 Å². The van der Waals surface area contributed by atoms with Crippen LogP contribution in [0.25, 0.3) is 33.2 Å². The van der Waals surface area contributed by atoms with Gasteiger partial charge in [0.2, 0.25) is 5.95 Å². The molecule has 7 aromatic rings. The van der Waals surface area contributed by atoms with Crippen molar-refractivity contribution in [2.75, 3.05) is 113 Å². The fourth-order valence-electron chi connectivity index (χ4n) is 10.9. The lowest BCUT2D eigenvalue weighted by Crippen LogP contribution is -2.61. The number of H-pyrrole nitrogens is 2. The zero-order valence-corrected chi connectivity index (χ0v) is 71.5. The lowest BCUT2D eigenvalue weighted by Gasteiger charge is -2.34. The average Bonchev–Trinajstić information content (AvgIpc) is 1.69. The summed E-state index contributed by atoms with van der Waals surface area (Å²) in [6.07, 6.45) is 5.31. The Morgan fingerprint density at radius 3 is 1.66 bits per heavy atom. The Hall–Kier alpha value is -5.47. The maximum Gasteiger partial charge on any atom is 0.470 e. The maximum atomic E-state index is 11.4. The molecular formula is C58H110N20O34P7+. The molecule has 33 N–H and O–H groups in total. The third-order valence-electron chi connectivity index (χ3n) is 17.1. The number of nitrogens with two attached hydrogens (primary N) is 6. The first kappa shape index (κ1) is 108. The monoisotopic (exact) mass is 1850 g/mol. The first-order valence-corrected chi connectivity index (χ1v) is 45.7. The summed E-state index contributed by atoms with van der Waals surface area (Å²) in [5, 5.41) is 46.4. The number of likely N-dealkylation sites (N-methyl/N-ethyl adjacent to an activating group) is 3. The van der Waals surface area contributed by atoms with Crippen LogP contribution in [0.3, 0.4) is 0 Å². The molecule has 2 saturated carbocycles. The van der Waals surface area contributed by atoms with Gasteiger partial charge in [0.25, 0.3) is 29.0 Å². The number of aliphatic hydroxyl groups is 4. The lowest BCUT2D eigenvalue weighted by atomic mass is 10.00. The molecule has 0 amide bonds. The molecule has 6 heterocycles. The Morgan fingerprint density at radius 2 is 1.18 bits per heavy atom. The molecule has 11 unspecified atom stereocenters. The van der Waals surface area contributed by atoms with Crippen LogP contribution in [0.5, 0.6) is 5.75 Å². The number of likely N-dealkylation sites (tertiary alicyclic amines) is 1. The summed E-state index contributed by atoms with van der Waals surface area (Å²) >= 11 is 0. The summed E-state index contributed by atoms with van der Waals surface area (Å²) in [5.41, 5.74) is 38.9. The van der Waals surface area contributed by atoms with E-state index >= 15 is 0 Å². The summed E-state index contributed by atoms with van der Waals surface area (Å²) in [7, 11) is -21.1. The van der Waals surface area contributed by atoms with E-state index in [2.05, 4.69) is 63.2 Å². The molecule has 0 bridgehead atoms. The zero-order valence-electron chi connectivity index (χ0n) is 65.3. The Kier molecular flexibility index (Phi) is 43.1. The van der Waals surface area contributed by atoms with Gasteiger partial charge in [0.05, 0.1) is 85.9 Å². The number of aliphatic hydroxyl groups excluding tert-OH is 3. The molecular weight excluding hydrogens is 1740 g/mol. The quantitative estimate of drug-likeness (QED) is 0.0113. The molecule has 0 spiro atoms. The number of benzene rings is 2. The summed E-state index contributed by atoms with van der Waals surface area (Å²) in [5.74, 6) is 0.0828. The van der Waals surface area contributed by atoms with Gasteiger partial charge in [0.1, 0.15) is 96.2 Å². The fourth-order valence-corrected chi connectivity index (χ4v) is 13.8. The molecule has 1 aliphatic heterocycles. The number of phosphoric acid groups is 7. The number of phenols is 1. The number of fused-ring (bicyclic) bond motifs is 3. The number of nitrogens with one attached hydrogen (secondary N) is 2. The van der Waals surface area contributed by atoms with Crippen molar-refractivity contribution in [2.24, 2.45) is 28.9 Å². The molecule has 0 radical (unpaired) electrons. The number of nitrogen functional groups attached to an aromatic ring is 2. The largest absolute Gasteiger partial charge is 0.756 e. The predicted molar refractivity (Wildman–Crippen MR) is 413 cm³/mol. The fraction of sp³-hybridized carbons (Fsp3) is 0.586. The number of nitrogens with zero attached hydrogens (tertiary/aromatic N) is 11. The summed E-state index contributed by atoms with van der Waals surface area (Å²) < 4.78 is 109. The van der Waals surface area contributed by atoms with Crippen molar-refractivity contribution in [1.29, 1.82) is 0 Å². The second-order valence-corrected chi connectivity index (χ2v) is 36.8. The van der Waals surface area contributed by atoms with Crippen LogP contribution in [-0.2, 0) is 83.7 Å². The summed E-state index contributed by atoms with van der Waals surface area (Å²) in [6, 6.07) is 12.9. The number of phosphoric ester groups is 7. The van der Waals surface area contributed by atoms with E-state index in [0.717, 1.165) is 47.6 Å². The van der Waals surface area contributed by atoms with E-state index in [-0.39, 0.29) is 60.3 Å². The summed E-state index contributed by atoms with van der Waals surface area (Å²) in [4.78, 5) is 163. The minimum absolute atomic E-state index is 0.00841. The van der Waals surface area contributed by atoms with Crippen LogP contribution in [-0.4, -0.2) is 286 Å². The van der Waals surface area contributed by atoms with Gasteiger partial charge < -0.3 is 140 Å². The van der Waals surface area contributed by atoms with Gasteiger partial charge in [0.15, 0.2) is 28.9 Å². The van der Waals surface area contributed by atoms with Crippen molar-refractivity contribution in [3.8, 4) is 5.75 Å². The van der Waals surface area contributed by atoms with E-state index in [1.165, 1.54) is 29.4 Å². The molecule has 54 nitrogen and oxygen atoms in total. The highest BCUT2D eigenvalue weighted by Gasteiger charge is 2.39. The SMILES string of the molecule is C[N+](C)(CN)CC(OP(=O)(O)O)C1CCC(O)C1.C[N+](C)(CN)CC(OP(=O)(O)O)c1ccc(O)cc1.C[N+](C)(CN)CCOP(=O)(O)O.NC1CC(O)CC1OP(=O)(O)O.Nc1nc2c(ncn2COP(=O)([O-])O)c(=O)[nH]1.Nc1ncnc2c1ncn2COP(=O)([O-])O.O=P([O-])(O)OCc1c[nH]c2ccccc12.[NH3+]CN1CCCC1C(O)O. The minimum atomic E-state index is -4.85. The van der Waals surface area contributed by atoms with E-state index in [0.29, 0.717) is 101 Å². The molecule has 10 rings (SSSR count). The lowest BCUT2D eigenvalue weighted by molar-refractivity contribution is -0.893. The molecule has 61 heteroatoms. The Bertz CT molecular complexity index is 4650. The normalized spacial score (nSPS) is 20.0. The second kappa shape index (κ2) is 47.6. The van der Waals surface area contributed by atoms with Crippen molar-refractivity contribution in [3.05, 3.63) is 95.2 Å². The molecule has 2 aromatic carbocycles. The van der Waals surface area contributed by atoms with Crippen molar-refractivity contribution >= 4 is 99.8 Å². The number of phenolic OH excluding ortho intramolecular Hbond substituents is 1. The number of aromatic hydroxyl groups is 1. The van der Waals surface area contributed by atoms with Crippen LogP contribution in [0.1, 0.15) is 62.2 Å². The molecule has 3 fully saturated rings. The van der Waals surface area contributed by atoms with Crippen molar-refractivity contribution in [1.82, 2.24) is 48.9 Å². The van der Waals surface area contributed by atoms with Crippen LogP contribution in [0.2, 0.25) is 0 Å². The van der Waals surface area contributed by atoms with Gasteiger partial charge >= 0.3 is 31.3 Å². The number of quaternary nitrogens is 4. The van der Waals surface area contributed by atoms with E-state index < -0.39 is 117 Å². The first-order chi connectivity index (χ1) is 54.6.